The summed E-state index contributed by atoms with van der Waals surface area (Å²) in [6.45, 7) is 7.92. The number of carbonyl (C=O) groups is 1. The molecule has 1 aliphatic rings. The Bertz CT molecular complexity index is 511. The Morgan fingerprint density at radius 2 is 1.86 bits per heavy atom. The zero-order valence-corrected chi connectivity index (χ0v) is 13.3. The van der Waals surface area contributed by atoms with Crippen molar-refractivity contribution in [3.63, 3.8) is 0 Å². The fourth-order valence-electron chi connectivity index (χ4n) is 2.29. The highest BCUT2D eigenvalue weighted by Gasteiger charge is 2.38. The molecule has 3 heteroatoms. The Morgan fingerprint density at radius 3 is 2.43 bits per heavy atom. The van der Waals surface area contributed by atoms with Crippen molar-refractivity contribution in [1.82, 2.24) is 0 Å². The SMILES string of the molecule is C[C@H]1O[C@@H](C(C)(C)C)OC(=O)/C1=C/CCc1ccccc1. The highest BCUT2D eigenvalue weighted by Crippen LogP contribution is 2.31. The molecule has 0 radical (unpaired) electrons. The molecule has 0 aliphatic carbocycles. The first-order valence-electron chi connectivity index (χ1n) is 7.48. The molecule has 0 aromatic heterocycles. The number of aryl methyl sites for hydroxylation is 1. The van der Waals surface area contributed by atoms with Crippen LogP contribution >= 0.6 is 0 Å². The summed E-state index contributed by atoms with van der Waals surface area (Å²) in [7, 11) is 0. The molecule has 0 bridgehead atoms. The molecule has 1 aliphatic heterocycles. The van der Waals surface area contributed by atoms with Crippen LogP contribution in [0.3, 0.4) is 0 Å². The van der Waals surface area contributed by atoms with Crippen molar-refractivity contribution in [2.75, 3.05) is 0 Å². The Hall–Kier alpha value is -1.61. The van der Waals surface area contributed by atoms with Crippen LogP contribution < -0.4 is 0 Å². The zero-order chi connectivity index (χ0) is 15.5. The maximum absolute atomic E-state index is 12.1. The lowest BCUT2D eigenvalue weighted by atomic mass is 9.94. The molecule has 21 heavy (non-hydrogen) atoms. The zero-order valence-electron chi connectivity index (χ0n) is 13.3. The molecule has 1 heterocycles. The van der Waals surface area contributed by atoms with Gasteiger partial charge in [0.25, 0.3) is 0 Å². The minimum atomic E-state index is -0.480. The minimum absolute atomic E-state index is 0.209. The molecule has 114 valence electrons. The van der Waals surface area contributed by atoms with Crippen molar-refractivity contribution in [1.29, 1.82) is 0 Å². The Labute approximate surface area is 127 Å². The Balaban J connectivity index is 1.97. The highest BCUT2D eigenvalue weighted by atomic mass is 16.7. The van der Waals surface area contributed by atoms with Gasteiger partial charge in [-0.15, -0.1) is 0 Å². The lowest BCUT2D eigenvalue weighted by molar-refractivity contribution is -0.225. The maximum atomic E-state index is 12.1. The van der Waals surface area contributed by atoms with Crippen LogP contribution in [0, 0.1) is 5.41 Å². The average molecular weight is 288 g/mol. The van der Waals surface area contributed by atoms with Crippen molar-refractivity contribution in [3.05, 3.63) is 47.5 Å². The fraction of sp³-hybridized carbons (Fsp3) is 0.500. The number of cyclic esters (lactones) is 1. The van der Waals surface area contributed by atoms with Crippen LogP contribution in [-0.4, -0.2) is 18.4 Å². The first-order chi connectivity index (χ1) is 9.88. The van der Waals surface area contributed by atoms with Gasteiger partial charge in [0.05, 0.1) is 11.7 Å². The summed E-state index contributed by atoms with van der Waals surface area (Å²) in [6.07, 6.45) is 2.96. The maximum Gasteiger partial charge on any atom is 0.338 e. The summed E-state index contributed by atoms with van der Waals surface area (Å²) in [5, 5.41) is 0. The van der Waals surface area contributed by atoms with Crippen LogP contribution in [0.1, 0.15) is 39.7 Å². The van der Waals surface area contributed by atoms with Gasteiger partial charge in [0.2, 0.25) is 6.29 Å². The molecule has 1 aromatic carbocycles. The van der Waals surface area contributed by atoms with E-state index >= 15 is 0 Å². The summed E-state index contributed by atoms with van der Waals surface area (Å²) in [6, 6.07) is 10.2. The number of hydrogen-bond donors (Lipinski definition) is 0. The first kappa shape index (κ1) is 15.8. The summed E-state index contributed by atoms with van der Waals surface area (Å²) in [5.74, 6) is -0.248. The second-order valence-corrected chi connectivity index (χ2v) is 6.57. The molecule has 0 N–H and O–H groups in total. The number of ether oxygens (including phenoxy) is 2. The van der Waals surface area contributed by atoms with Crippen LogP contribution in [0.5, 0.6) is 0 Å². The number of allylic oxidation sites excluding steroid dienone is 1. The summed E-state index contributed by atoms with van der Waals surface area (Å²) in [5.41, 5.74) is 1.69. The van der Waals surface area contributed by atoms with Gasteiger partial charge < -0.3 is 9.47 Å². The van der Waals surface area contributed by atoms with E-state index in [9.17, 15) is 4.79 Å². The Kier molecular flexibility index (Phi) is 4.84. The van der Waals surface area contributed by atoms with E-state index in [1.165, 1.54) is 5.56 Å². The number of hydrogen-bond acceptors (Lipinski definition) is 3. The largest absolute Gasteiger partial charge is 0.432 e. The van der Waals surface area contributed by atoms with Crippen molar-refractivity contribution in [2.24, 2.45) is 5.41 Å². The summed E-state index contributed by atoms with van der Waals surface area (Å²) >= 11 is 0. The van der Waals surface area contributed by atoms with E-state index in [1.54, 1.807) is 0 Å². The predicted molar refractivity (Wildman–Crippen MR) is 82.7 cm³/mol. The van der Waals surface area contributed by atoms with Gasteiger partial charge in [0.15, 0.2) is 0 Å². The Morgan fingerprint density at radius 1 is 1.19 bits per heavy atom. The van der Waals surface area contributed by atoms with E-state index in [0.29, 0.717) is 5.57 Å². The van der Waals surface area contributed by atoms with E-state index in [0.717, 1.165) is 12.8 Å². The van der Waals surface area contributed by atoms with Crippen LogP contribution in [0.25, 0.3) is 0 Å². The molecular weight excluding hydrogens is 264 g/mol. The molecule has 2 rings (SSSR count). The van der Waals surface area contributed by atoms with Gasteiger partial charge in [-0.05, 0) is 25.3 Å². The van der Waals surface area contributed by atoms with Crippen molar-refractivity contribution < 1.29 is 14.3 Å². The van der Waals surface area contributed by atoms with Crippen molar-refractivity contribution >= 4 is 5.97 Å². The van der Waals surface area contributed by atoms with Gasteiger partial charge in [-0.25, -0.2) is 4.79 Å². The van der Waals surface area contributed by atoms with Crippen LogP contribution in [0.4, 0.5) is 0 Å². The van der Waals surface area contributed by atoms with Gasteiger partial charge in [-0.2, -0.15) is 0 Å². The predicted octanol–water partition coefficient (Wildman–Crippen LogP) is 3.88. The molecule has 0 saturated carbocycles. The average Bonchev–Trinajstić information content (AvgIpc) is 2.42. The number of rotatable bonds is 3. The fourth-order valence-corrected chi connectivity index (χ4v) is 2.29. The van der Waals surface area contributed by atoms with Crippen molar-refractivity contribution in [2.45, 2.75) is 52.9 Å². The second-order valence-electron chi connectivity index (χ2n) is 6.57. The quantitative estimate of drug-likeness (QED) is 0.625. The normalized spacial score (nSPS) is 25.0. The third kappa shape index (κ3) is 4.18. The monoisotopic (exact) mass is 288 g/mol. The number of esters is 1. The van der Waals surface area contributed by atoms with Crippen LogP contribution in [0.15, 0.2) is 42.0 Å². The van der Waals surface area contributed by atoms with Crippen LogP contribution in [-0.2, 0) is 20.7 Å². The molecule has 1 fully saturated rings. The standard InChI is InChI=1S/C18H24O3/c1-13-15(12-8-11-14-9-6-5-7-10-14)16(19)21-17(20-13)18(2,3)4/h5-7,9-10,12-13,17H,8,11H2,1-4H3/b15-12+/t13-,17-/m1/s1. The lowest BCUT2D eigenvalue weighted by Gasteiger charge is -2.36. The molecule has 1 saturated heterocycles. The highest BCUT2D eigenvalue weighted by molar-refractivity contribution is 5.90. The first-order valence-corrected chi connectivity index (χ1v) is 7.48. The van der Waals surface area contributed by atoms with Gasteiger partial charge in [0, 0.05) is 5.41 Å². The van der Waals surface area contributed by atoms with E-state index in [1.807, 2.05) is 52.0 Å². The third-order valence-electron chi connectivity index (χ3n) is 3.56. The van der Waals surface area contributed by atoms with Gasteiger partial charge in [-0.1, -0.05) is 57.2 Å². The van der Waals surface area contributed by atoms with Crippen LogP contribution in [0.2, 0.25) is 0 Å². The topological polar surface area (TPSA) is 35.5 Å². The summed E-state index contributed by atoms with van der Waals surface area (Å²) < 4.78 is 11.2. The van der Waals surface area contributed by atoms with E-state index in [2.05, 4.69) is 12.1 Å². The molecule has 2 atom stereocenters. The molecule has 0 spiro atoms. The van der Waals surface area contributed by atoms with Crippen molar-refractivity contribution in [3.8, 4) is 0 Å². The number of carbonyl (C=O) groups excluding carboxylic acids is 1. The smallest absolute Gasteiger partial charge is 0.338 e. The third-order valence-corrected chi connectivity index (χ3v) is 3.56. The van der Waals surface area contributed by atoms with E-state index in [-0.39, 0.29) is 17.5 Å². The van der Waals surface area contributed by atoms with E-state index in [4.69, 9.17) is 9.47 Å². The lowest BCUT2D eigenvalue weighted by Crippen LogP contribution is -2.43. The molecular formula is C18H24O3. The second kappa shape index (κ2) is 6.44. The summed E-state index contributed by atoms with van der Waals surface area (Å²) in [4.78, 5) is 12.1. The molecule has 0 amide bonds. The molecule has 0 unspecified atom stereocenters. The van der Waals surface area contributed by atoms with Gasteiger partial charge in [-0.3, -0.25) is 0 Å². The molecule has 3 nitrogen and oxygen atoms in total. The van der Waals surface area contributed by atoms with Gasteiger partial charge in [0.1, 0.15) is 0 Å². The van der Waals surface area contributed by atoms with Gasteiger partial charge >= 0.3 is 5.97 Å². The minimum Gasteiger partial charge on any atom is -0.432 e. The molecule has 1 aromatic rings. The van der Waals surface area contributed by atoms with E-state index < -0.39 is 6.29 Å². The number of benzene rings is 1.